The van der Waals surface area contributed by atoms with Crippen molar-refractivity contribution in [3.05, 3.63) is 34.9 Å². The van der Waals surface area contributed by atoms with E-state index in [9.17, 15) is 0 Å². The molecule has 0 aliphatic heterocycles. The molecule has 0 radical (unpaired) electrons. The van der Waals surface area contributed by atoms with E-state index in [1.54, 1.807) is 0 Å². The maximum Gasteiger partial charge on any atom is 0.200 e. The third kappa shape index (κ3) is 5.76. The molecule has 0 fully saturated rings. The van der Waals surface area contributed by atoms with Gasteiger partial charge >= 0.3 is 0 Å². The molecule has 0 aromatic heterocycles. The van der Waals surface area contributed by atoms with E-state index in [4.69, 9.17) is 18.0 Å². The minimum atomic E-state index is 0.234. The Hall–Kier alpha value is -0.240. The van der Waals surface area contributed by atoms with Crippen molar-refractivity contribution in [1.29, 1.82) is 0 Å². The lowest BCUT2D eigenvalue weighted by atomic mass is 10.1. The van der Waals surface area contributed by atoms with Crippen LogP contribution >= 0.6 is 34.2 Å². The van der Waals surface area contributed by atoms with Crippen LogP contribution in [-0.4, -0.2) is 28.2 Å². The zero-order valence-electron chi connectivity index (χ0n) is 13.8. The largest absolute Gasteiger partial charge is 0.303 e. The summed E-state index contributed by atoms with van der Waals surface area (Å²) < 4.78 is 1.25. The molecule has 0 aliphatic carbocycles. The second kappa shape index (κ2) is 10.5. The summed E-state index contributed by atoms with van der Waals surface area (Å²) in [6, 6.07) is 8.17. The molecule has 1 unspecified atom stereocenters. The van der Waals surface area contributed by atoms with Crippen LogP contribution in [0.15, 0.2) is 24.3 Å². The van der Waals surface area contributed by atoms with Crippen molar-refractivity contribution < 1.29 is 4.48 Å². The van der Waals surface area contributed by atoms with Crippen LogP contribution in [0, 0.1) is 12.3 Å². The molecule has 1 rings (SSSR count). The summed E-state index contributed by atoms with van der Waals surface area (Å²) in [6.45, 7) is 7.90. The standard InChI is InChI=1S/C19H28ClIN/c1-4-7-14-22(15-8-5-2,19(21)6-3)16-13-17-11-9-10-12-18(17)20/h3,9-12,19H,4-5,7-8,13-16H2,1-2H3/q+1. The van der Waals surface area contributed by atoms with E-state index in [2.05, 4.69) is 54.5 Å². The normalized spacial score (nSPS) is 12.9. The van der Waals surface area contributed by atoms with Gasteiger partial charge in [0.2, 0.25) is 4.05 Å². The smallest absolute Gasteiger partial charge is 0.200 e. The highest BCUT2D eigenvalue weighted by molar-refractivity contribution is 14.1. The number of halogens is 2. The lowest BCUT2D eigenvalue weighted by molar-refractivity contribution is -0.927. The topological polar surface area (TPSA) is 0 Å². The zero-order valence-corrected chi connectivity index (χ0v) is 16.7. The molecule has 0 aliphatic rings. The number of hydrogen-bond donors (Lipinski definition) is 0. The third-order valence-corrected chi connectivity index (χ3v) is 6.23. The Morgan fingerprint density at radius 2 is 1.73 bits per heavy atom. The fraction of sp³-hybridized carbons (Fsp3) is 0.579. The molecule has 122 valence electrons. The Morgan fingerprint density at radius 1 is 1.14 bits per heavy atom. The quantitative estimate of drug-likeness (QED) is 0.146. The van der Waals surface area contributed by atoms with E-state index in [1.165, 1.54) is 44.3 Å². The molecule has 0 spiro atoms. The fourth-order valence-electron chi connectivity index (χ4n) is 2.82. The molecule has 0 heterocycles. The van der Waals surface area contributed by atoms with E-state index in [0.29, 0.717) is 0 Å². The maximum atomic E-state index is 6.33. The van der Waals surface area contributed by atoms with Gasteiger partial charge in [0.15, 0.2) is 0 Å². The predicted octanol–water partition coefficient (Wildman–Crippen LogP) is 5.69. The number of quaternary nitrogens is 1. The van der Waals surface area contributed by atoms with Gasteiger partial charge in [-0.2, -0.15) is 0 Å². The first-order valence-electron chi connectivity index (χ1n) is 8.29. The van der Waals surface area contributed by atoms with Gasteiger partial charge in [0.25, 0.3) is 0 Å². The first-order chi connectivity index (χ1) is 10.6. The van der Waals surface area contributed by atoms with E-state index in [1.807, 2.05) is 12.1 Å². The molecule has 0 amide bonds. The predicted molar refractivity (Wildman–Crippen MR) is 106 cm³/mol. The number of rotatable bonds is 10. The van der Waals surface area contributed by atoms with Crippen molar-refractivity contribution in [2.24, 2.45) is 0 Å². The maximum absolute atomic E-state index is 6.33. The number of nitrogens with zero attached hydrogens (tertiary/aromatic N) is 1. The minimum Gasteiger partial charge on any atom is -0.303 e. The van der Waals surface area contributed by atoms with Crippen LogP contribution < -0.4 is 0 Å². The average molecular weight is 433 g/mol. The van der Waals surface area contributed by atoms with Gasteiger partial charge in [-0.05, 0) is 30.4 Å². The molecule has 0 saturated carbocycles. The highest BCUT2D eigenvalue weighted by Crippen LogP contribution is 2.25. The van der Waals surface area contributed by atoms with Gasteiger partial charge in [-0.1, -0.05) is 56.5 Å². The molecule has 0 saturated heterocycles. The fourth-order valence-corrected chi connectivity index (χ4v) is 3.89. The van der Waals surface area contributed by atoms with Gasteiger partial charge in [-0.3, -0.25) is 0 Å². The summed E-state index contributed by atoms with van der Waals surface area (Å²) in [4.78, 5) is 0. The van der Waals surface area contributed by atoms with Crippen LogP contribution in [0.5, 0.6) is 0 Å². The molecule has 0 bridgehead atoms. The summed E-state index contributed by atoms with van der Waals surface area (Å²) in [5.41, 5.74) is 1.24. The van der Waals surface area contributed by atoms with Crippen molar-refractivity contribution in [3.63, 3.8) is 0 Å². The van der Waals surface area contributed by atoms with Gasteiger partial charge in [0.1, 0.15) is 0 Å². The number of alkyl halides is 1. The van der Waals surface area contributed by atoms with Gasteiger partial charge in [0, 0.05) is 34.0 Å². The van der Waals surface area contributed by atoms with Crippen LogP contribution in [0.4, 0.5) is 0 Å². The molecule has 1 aromatic rings. The molecule has 1 aromatic carbocycles. The van der Waals surface area contributed by atoms with Gasteiger partial charge in [0.05, 0.1) is 19.6 Å². The van der Waals surface area contributed by atoms with E-state index in [0.717, 1.165) is 22.5 Å². The van der Waals surface area contributed by atoms with Crippen LogP contribution in [-0.2, 0) is 6.42 Å². The molecule has 1 atom stereocenters. The summed E-state index contributed by atoms with van der Waals surface area (Å²) in [5, 5.41) is 0.872. The molecule has 22 heavy (non-hydrogen) atoms. The van der Waals surface area contributed by atoms with Gasteiger partial charge in [-0.25, -0.2) is 0 Å². The van der Waals surface area contributed by atoms with E-state index < -0.39 is 0 Å². The Bertz CT molecular complexity index is 473. The molecular formula is C19H28ClIN+. The van der Waals surface area contributed by atoms with Crippen LogP contribution in [0.1, 0.15) is 45.1 Å². The summed E-state index contributed by atoms with van der Waals surface area (Å²) in [7, 11) is 0. The van der Waals surface area contributed by atoms with Crippen LogP contribution in [0.25, 0.3) is 0 Å². The Kier molecular flexibility index (Phi) is 9.47. The van der Waals surface area contributed by atoms with Crippen molar-refractivity contribution >= 4 is 34.2 Å². The van der Waals surface area contributed by atoms with Gasteiger partial charge < -0.3 is 4.48 Å². The van der Waals surface area contributed by atoms with Crippen molar-refractivity contribution in [2.75, 3.05) is 19.6 Å². The van der Waals surface area contributed by atoms with E-state index >= 15 is 0 Å². The Labute approximate surface area is 155 Å². The number of terminal acetylenes is 1. The molecular weight excluding hydrogens is 405 g/mol. The number of hydrogen-bond acceptors (Lipinski definition) is 0. The lowest BCUT2D eigenvalue weighted by Gasteiger charge is -2.41. The highest BCUT2D eigenvalue weighted by Gasteiger charge is 2.32. The lowest BCUT2D eigenvalue weighted by Crippen LogP contribution is -2.54. The number of benzene rings is 1. The summed E-state index contributed by atoms with van der Waals surface area (Å²) in [5.74, 6) is 3.00. The Balaban J connectivity index is 2.91. The second-order valence-electron chi connectivity index (χ2n) is 5.94. The molecule has 0 N–H and O–H groups in total. The van der Waals surface area contributed by atoms with E-state index in [-0.39, 0.29) is 4.05 Å². The third-order valence-electron chi connectivity index (χ3n) is 4.32. The van der Waals surface area contributed by atoms with Crippen molar-refractivity contribution in [3.8, 4) is 12.3 Å². The minimum absolute atomic E-state index is 0.234. The van der Waals surface area contributed by atoms with Gasteiger partial charge in [-0.15, -0.1) is 6.42 Å². The molecule has 1 nitrogen and oxygen atoms in total. The molecule has 3 heteroatoms. The highest BCUT2D eigenvalue weighted by atomic mass is 127. The summed E-state index contributed by atoms with van der Waals surface area (Å²) >= 11 is 8.78. The van der Waals surface area contributed by atoms with Crippen LogP contribution in [0.2, 0.25) is 5.02 Å². The first kappa shape index (κ1) is 19.8. The monoisotopic (exact) mass is 432 g/mol. The first-order valence-corrected chi connectivity index (χ1v) is 9.91. The second-order valence-corrected chi connectivity index (χ2v) is 7.53. The zero-order chi connectivity index (χ0) is 16.4. The Morgan fingerprint density at radius 3 is 2.23 bits per heavy atom. The SMILES string of the molecule is C#CC(I)[N+](CCCC)(CCCC)CCc1ccccc1Cl. The number of unbranched alkanes of at least 4 members (excludes halogenated alkanes) is 2. The average Bonchev–Trinajstić information content (AvgIpc) is 2.55. The summed E-state index contributed by atoms with van der Waals surface area (Å²) in [6.07, 6.45) is 11.7. The van der Waals surface area contributed by atoms with Crippen molar-refractivity contribution in [1.82, 2.24) is 0 Å². The van der Waals surface area contributed by atoms with Crippen molar-refractivity contribution in [2.45, 2.75) is 50.0 Å². The van der Waals surface area contributed by atoms with Crippen LogP contribution in [0.3, 0.4) is 0 Å².